The maximum atomic E-state index is 12.3. The summed E-state index contributed by atoms with van der Waals surface area (Å²) in [5.74, 6) is 1.00. The lowest BCUT2D eigenvalue weighted by molar-refractivity contribution is -0.183. The zero-order valence-corrected chi connectivity index (χ0v) is 11.0. The number of piperidine rings is 1. The minimum absolute atomic E-state index is 0.00329. The minimum atomic E-state index is -0.00329. The Kier molecular flexibility index (Phi) is 2.99. The zero-order valence-electron chi connectivity index (χ0n) is 11.0. The van der Waals surface area contributed by atoms with Gasteiger partial charge in [-0.3, -0.25) is 4.79 Å². The fraction of sp³-hybridized carbons (Fsp3) is 0.923. The maximum absolute atomic E-state index is 12.3. The summed E-state index contributed by atoms with van der Waals surface area (Å²) in [4.78, 5) is 16.7. The Hall–Kier alpha value is -0.570. The fourth-order valence-electron chi connectivity index (χ4n) is 3.64. The molecule has 2 heterocycles. The summed E-state index contributed by atoms with van der Waals surface area (Å²) in [6.45, 7) is 9.62. The van der Waals surface area contributed by atoms with E-state index in [0.29, 0.717) is 17.9 Å². The lowest BCUT2D eigenvalue weighted by Gasteiger charge is -2.60. The van der Waals surface area contributed by atoms with Gasteiger partial charge in [0.05, 0.1) is 5.41 Å². The van der Waals surface area contributed by atoms with E-state index in [1.54, 1.807) is 0 Å². The molecule has 1 spiro atoms. The molecule has 92 valence electrons. The Morgan fingerprint density at radius 1 is 1.38 bits per heavy atom. The van der Waals surface area contributed by atoms with Gasteiger partial charge < -0.3 is 9.80 Å². The van der Waals surface area contributed by atoms with Crippen LogP contribution in [0.25, 0.3) is 0 Å². The Bertz CT molecular complexity index is 280. The Morgan fingerprint density at radius 2 is 1.94 bits per heavy atom. The van der Waals surface area contributed by atoms with E-state index >= 15 is 0 Å². The number of carbonyl (C=O) groups excluding carboxylic acids is 1. The van der Waals surface area contributed by atoms with Gasteiger partial charge in [0.25, 0.3) is 0 Å². The quantitative estimate of drug-likeness (QED) is 0.665. The van der Waals surface area contributed by atoms with Gasteiger partial charge >= 0.3 is 0 Å². The van der Waals surface area contributed by atoms with Crippen LogP contribution in [0.4, 0.5) is 0 Å². The number of carbonyl (C=O) groups is 1. The molecule has 16 heavy (non-hydrogen) atoms. The number of likely N-dealkylation sites (tertiary alicyclic amines) is 2. The van der Waals surface area contributed by atoms with Gasteiger partial charge in [0.2, 0.25) is 5.91 Å². The highest BCUT2D eigenvalue weighted by molar-refractivity contribution is 5.90. The molecule has 3 heteroatoms. The average molecular weight is 224 g/mol. The van der Waals surface area contributed by atoms with Gasteiger partial charge in [-0.05, 0) is 45.8 Å². The summed E-state index contributed by atoms with van der Waals surface area (Å²) >= 11 is 0. The molecule has 0 N–H and O–H groups in total. The Morgan fingerprint density at radius 3 is 2.38 bits per heavy atom. The number of nitrogens with zero attached hydrogens (tertiary/aromatic N) is 2. The SMILES string of the molecule is CCN1C(=O)C2(CCN(C)CC2)C1C(C)C. The highest BCUT2D eigenvalue weighted by Crippen LogP contribution is 2.49. The molecule has 0 bridgehead atoms. The Balaban J connectivity index is 2.17. The van der Waals surface area contributed by atoms with Crippen molar-refractivity contribution in [1.82, 2.24) is 9.80 Å². The third-order valence-electron chi connectivity index (χ3n) is 4.44. The van der Waals surface area contributed by atoms with Crippen LogP contribution in [0.15, 0.2) is 0 Å². The van der Waals surface area contributed by atoms with Crippen molar-refractivity contribution in [2.75, 3.05) is 26.7 Å². The molecular weight excluding hydrogens is 200 g/mol. The smallest absolute Gasteiger partial charge is 0.231 e. The summed E-state index contributed by atoms with van der Waals surface area (Å²) < 4.78 is 0. The minimum Gasteiger partial charge on any atom is -0.338 e. The molecule has 3 nitrogen and oxygen atoms in total. The molecule has 1 atom stereocenters. The van der Waals surface area contributed by atoms with E-state index in [-0.39, 0.29) is 5.41 Å². The number of amides is 1. The van der Waals surface area contributed by atoms with Crippen LogP contribution in [0.1, 0.15) is 33.6 Å². The molecule has 1 unspecified atom stereocenters. The molecule has 0 saturated carbocycles. The molecule has 2 fully saturated rings. The lowest BCUT2D eigenvalue weighted by Crippen LogP contribution is -2.72. The highest BCUT2D eigenvalue weighted by atomic mass is 16.2. The molecule has 0 aromatic carbocycles. The predicted molar refractivity (Wildman–Crippen MR) is 65.2 cm³/mol. The largest absolute Gasteiger partial charge is 0.338 e. The summed E-state index contributed by atoms with van der Waals surface area (Å²) in [6.07, 6.45) is 2.11. The average Bonchev–Trinajstić information content (AvgIpc) is 2.25. The monoisotopic (exact) mass is 224 g/mol. The molecule has 0 radical (unpaired) electrons. The van der Waals surface area contributed by atoms with E-state index in [1.807, 2.05) is 0 Å². The first-order valence-electron chi connectivity index (χ1n) is 6.52. The third kappa shape index (κ3) is 1.48. The fourth-order valence-corrected chi connectivity index (χ4v) is 3.64. The van der Waals surface area contributed by atoms with Gasteiger partial charge in [0.15, 0.2) is 0 Å². The van der Waals surface area contributed by atoms with Gasteiger partial charge in [0, 0.05) is 12.6 Å². The van der Waals surface area contributed by atoms with Gasteiger partial charge in [-0.1, -0.05) is 13.8 Å². The first-order chi connectivity index (χ1) is 7.53. The van der Waals surface area contributed by atoms with Gasteiger partial charge in [-0.2, -0.15) is 0 Å². The third-order valence-corrected chi connectivity index (χ3v) is 4.44. The lowest BCUT2D eigenvalue weighted by atomic mass is 9.61. The van der Waals surface area contributed by atoms with Crippen molar-refractivity contribution in [1.29, 1.82) is 0 Å². The molecule has 0 aromatic heterocycles. The molecule has 2 saturated heterocycles. The van der Waals surface area contributed by atoms with Crippen molar-refractivity contribution >= 4 is 5.91 Å². The van der Waals surface area contributed by atoms with Crippen LogP contribution in [0.3, 0.4) is 0 Å². The van der Waals surface area contributed by atoms with Gasteiger partial charge in [-0.15, -0.1) is 0 Å². The first-order valence-corrected chi connectivity index (χ1v) is 6.52. The van der Waals surface area contributed by atoms with Crippen molar-refractivity contribution in [3.63, 3.8) is 0 Å². The number of hydrogen-bond acceptors (Lipinski definition) is 2. The summed E-state index contributed by atoms with van der Waals surface area (Å²) in [5, 5.41) is 0. The highest BCUT2D eigenvalue weighted by Gasteiger charge is 2.60. The van der Waals surface area contributed by atoms with E-state index in [9.17, 15) is 4.79 Å². The van der Waals surface area contributed by atoms with Crippen molar-refractivity contribution in [2.24, 2.45) is 11.3 Å². The second-order valence-corrected chi connectivity index (χ2v) is 5.74. The standard InChI is InChI=1S/C13H24N2O/c1-5-15-11(10(2)3)13(12(15)16)6-8-14(4)9-7-13/h10-11H,5-9H2,1-4H3. The molecular formula is C13H24N2O. The van der Waals surface area contributed by atoms with Crippen LogP contribution in [-0.2, 0) is 4.79 Å². The molecule has 1 amide bonds. The van der Waals surface area contributed by atoms with Crippen molar-refractivity contribution in [2.45, 2.75) is 39.7 Å². The van der Waals surface area contributed by atoms with Crippen molar-refractivity contribution < 1.29 is 4.79 Å². The summed E-state index contributed by atoms with van der Waals surface area (Å²) in [7, 11) is 2.15. The van der Waals surface area contributed by atoms with Crippen LogP contribution in [0.5, 0.6) is 0 Å². The van der Waals surface area contributed by atoms with Crippen molar-refractivity contribution in [3.05, 3.63) is 0 Å². The van der Waals surface area contributed by atoms with Crippen LogP contribution in [0, 0.1) is 11.3 Å². The van der Waals surface area contributed by atoms with E-state index in [0.717, 1.165) is 32.5 Å². The Labute approximate surface area is 98.8 Å². The summed E-state index contributed by atoms with van der Waals surface area (Å²) in [5.41, 5.74) is -0.00329. The molecule has 0 aliphatic carbocycles. The molecule has 2 aliphatic rings. The van der Waals surface area contributed by atoms with Crippen LogP contribution >= 0.6 is 0 Å². The molecule has 2 aliphatic heterocycles. The zero-order chi connectivity index (χ0) is 11.9. The number of rotatable bonds is 2. The summed E-state index contributed by atoms with van der Waals surface area (Å²) in [6, 6.07) is 0.485. The maximum Gasteiger partial charge on any atom is 0.231 e. The van der Waals surface area contributed by atoms with Gasteiger partial charge in [-0.25, -0.2) is 0 Å². The normalized spacial score (nSPS) is 29.9. The van der Waals surface area contributed by atoms with E-state index in [4.69, 9.17) is 0 Å². The predicted octanol–water partition coefficient (Wildman–Crippen LogP) is 1.59. The molecule has 2 rings (SSSR count). The van der Waals surface area contributed by atoms with E-state index in [2.05, 4.69) is 37.6 Å². The second-order valence-electron chi connectivity index (χ2n) is 5.74. The van der Waals surface area contributed by atoms with Crippen LogP contribution < -0.4 is 0 Å². The van der Waals surface area contributed by atoms with Gasteiger partial charge in [0.1, 0.15) is 0 Å². The second kappa shape index (κ2) is 4.02. The van der Waals surface area contributed by atoms with E-state index in [1.165, 1.54) is 0 Å². The number of β-lactam (4-membered cyclic amide) rings is 1. The van der Waals surface area contributed by atoms with E-state index < -0.39 is 0 Å². The first kappa shape index (κ1) is 11.9. The van der Waals surface area contributed by atoms with Crippen LogP contribution in [0.2, 0.25) is 0 Å². The van der Waals surface area contributed by atoms with Crippen LogP contribution in [-0.4, -0.2) is 48.4 Å². The topological polar surface area (TPSA) is 23.6 Å². The van der Waals surface area contributed by atoms with Crippen molar-refractivity contribution in [3.8, 4) is 0 Å². The number of hydrogen-bond donors (Lipinski definition) is 0. The molecule has 0 aromatic rings.